The van der Waals surface area contributed by atoms with Gasteiger partial charge in [-0.15, -0.1) is 56.4 Å². The van der Waals surface area contributed by atoms with E-state index in [1.165, 1.54) is 0 Å². The van der Waals surface area contributed by atoms with Crippen molar-refractivity contribution in [2.24, 2.45) is 0 Å². The lowest BCUT2D eigenvalue weighted by molar-refractivity contribution is 0.681. The highest BCUT2D eigenvalue weighted by atomic mass is 35.8. The van der Waals surface area contributed by atoms with Crippen LogP contribution in [-0.2, 0) is 0 Å². The Hall–Kier alpha value is 2.57. The van der Waals surface area contributed by atoms with E-state index in [4.69, 9.17) is 103 Å². The Kier molecular flexibility index (Phi) is 4.02. The molecular weight excluding hydrogens is 431 g/mol. The fourth-order valence-corrected chi connectivity index (χ4v) is 9.83. The summed E-state index contributed by atoms with van der Waals surface area (Å²) in [5.74, 6) is 0. The third kappa shape index (κ3) is 1.78. The van der Waals surface area contributed by atoms with Gasteiger partial charge in [-0.25, -0.2) is 0 Å². The number of fused-ring (bicyclic) bond motifs is 2. The number of hydrogen-bond donors (Lipinski definition) is 0. The lowest BCUT2D eigenvalue weighted by atomic mass is 10.1. The van der Waals surface area contributed by atoms with Gasteiger partial charge in [0.1, 0.15) is 9.75 Å². The summed E-state index contributed by atoms with van der Waals surface area (Å²) in [6.07, 6.45) is 0.183. The molecule has 17 heavy (non-hydrogen) atoms. The average molecular weight is 434 g/mol. The Morgan fingerprint density at radius 3 is 1.71 bits per heavy atom. The largest absolute Gasteiger partial charge is 0.346 e. The summed E-state index contributed by atoms with van der Waals surface area (Å²) in [5.41, 5.74) is -0.607. The van der Waals surface area contributed by atoms with Gasteiger partial charge in [-0.3, -0.25) is 0 Å². The fourth-order valence-electron chi connectivity index (χ4n) is 2.25. The molecule has 1 fully saturated rings. The van der Waals surface area contributed by atoms with Gasteiger partial charge in [0, 0.05) is 5.54 Å². The van der Waals surface area contributed by atoms with Crippen molar-refractivity contribution in [3.05, 3.63) is 10.1 Å². The van der Waals surface area contributed by atoms with Crippen molar-refractivity contribution in [2.75, 3.05) is 0 Å². The van der Waals surface area contributed by atoms with Crippen LogP contribution >= 0.6 is 103 Å². The quantitative estimate of drug-likeness (QED) is 0.260. The predicted molar refractivity (Wildman–Crippen MR) is 82.0 cm³/mol. The van der Waals surface area contributed by atoms with E-state index in [1.807, 2.05) is 0 Å². The van der Waals surface area contributed by atoms with E-state index in [0.29, 0.717) is 0 Å². The van der Waals surface area contributed by atoms with E-state index in [0.717, 1.165) is 0 Å². The van der Waals surface area contributed by atoms with Crippen molar-refractivity contribution < 1.29 is 0 Å². The van der Waals surface area contributed by atoms with Gasteiger partial charge in [0.2, 0.25) is 0 Å². The molecule has 3 atom stereocenters. The van der Waals surface area contributed by atoms with Crippen molar-refractivity contribution in [3.63, 3.8) is 0 Å². The maximum atomic E-state index is 6.43. The SMILES string of the molecule is ClC1=C(Cl)[C@]2(Cl)C([Si](Cl)(Cl)Cl)C[C@@]1(Cl)C2(Cl)Cl. The molecule has 2 aliphatic carbocycles. The van der Waals surface area contributed by atoms with Crippen LogP contribution in [0.2, 0.25) is 5.54 Å². The summed E-state index contributed by atoms with van der Waals surface area (Å²) in [7, 11) is 0. The van der Waals surface area contributed by atoms with Crippen LogP contribution < -0.4 is 0 Å². The Balaban J connectivity index is 2.67. The Morgan fingerprint density at radius 2 is 1.41 bits per heavy atom. The molecule has 98 valence electrons. The first-order valence-electron chi connectivity index (χ1n) is 4.29. The summed E-state index contributed by atoms with van der Waals surface area (Å²) < 4.78 is -1.61. The minimum atomic E-state index is -3.20. The Labute approximate surface area is 143 Å². The number of alkyl halides is 4. The lowest BCUT2D eigenvalue weighted by Gasteiger charge is -2.35. The summed E-state index contributed by atoms with van der Waals surface area (Å²) in [6, 6.07) is -3.20. The van der Waals surface area contributed by atoms with Crippen molar-refractivity contribution in [3.8, 4) is 0 Å². The van der Waals surface area contributed by atoms with Gasteiger partial charge in [0.05, 0.1) is 10.1 Å². The zero-order valence-corrected chi connectivity index (χ0v) is 15.5. The molecular formula is C7H3Cl9Si. The van der Waals surface area contributed by atoms with E-state index < -0.39 is 25.6 Å². The molecule has 0 amide bonds. The molecule has 0 aliphatic heterocycles. The predicted octanol–water partition coefficient (Wildman–Crippen LogP) is 6.25. The first-order valence-corrected chi connectivity index (χ1v) is 11.7. The zero-order chi connectivity index (χ0) is 13.4. The molecule has 0 N–H and O–H groups in total. The van der Waals surface area contributed by atoms with E-state index in [1.54, 1.807) is 0 Å². The van der Waals surface area contributed by atoms with E-state index >= 15 is 0 Å². The van der Waals surface area contributed by atoms with Crippen LogP contribution in [0.25, 0.3) is 0 Å². The van der Waals surface area contributed by atoms with Crippen molar-refractivity contribution in [1.29, 1.82) is 0 Å². The molecule has 10 heteroatoms. The van der Waals surface area contributed by atoms with Crippen LogP contribution in [-0.4, -0.2) is 20.1 Å². The smallest absolute Gasteiger partial charge is 0.126 e. The van der Waals surface area contributed by atoms with Gasteiger partial charge >= 0.3 is 6.00 Å². The van der Waals surface area contributed by atoms with Gasteiger partial charge in [0.15, 0.2) is 4.33 Å². The molecule has 0 aromatic heterocycles. The second-order valence-corrected chi connectivity index (χ2v) is 16.2. The highest BCUT2D eigenvalue weighted by Gasteiger charge is 2.81. The van der Waals surface area contributed by atoms with Crippen LogP contribution in [0.5, 0.6) is 0 Å². The third-order valence-electron chi connectivity index (χ3n) is 3.18. The number of rotatable bonds is 1. The van der Waals surface area contributed by atoms with Crippen molar-refractivity contribution in [2.45, 2.75) is 26.0 Å². The topological polar surface area (TPSA) is 0 Å². The van der Waals surface area contributed by atoms with Crippen molar-refractivity contribution in [1.82, 2.24) is 0 Å². The van der Waals surface area contributed by atoms with Gasteiger partial charge in [0.25, 0.3) is 0 Å². The van der Waals surface area contributed by atoms with E-state index in [2.05, 4.69) is 0 Å². The van der Waals surface area contributed by atoms with Crippen molar-refractivity contribution >= 4 is 109 Å². The normalized spacial score (nSPS) is 44.6. The fraction of sp³-hybridized carbons (Fsp3) is 0.714. The molecule has 0 aromatic carbocycles. The average Bonchev–Trinajstić information content (AvgIpc) is 2.38. The number of allylic oxidation sites excluding steroid dienone is 2. The molecule has 1 saturated carbocycles. The van der Waals surface area contributed by atoms with Crippen LogP contribution in [0, 0.1) is 0 Å². The van der Waals surface area contributed by atoms with Gasteiger partial charge in [-0.2, -0.15) is 0 Å². The summed E-state index contributed by atoms with van der Waals surface area (Å²) in [4.78, 5) is -2.76. The third-order valence-corrected chi connectivity index (χ3v) is 11.4. The van der Waals surface area contributed by atoms with Gasteiger partial charge < -0.3 is 0 Å². The molecule has 1 unspecified atom stereocenters. The molecule has 0 nitrogen and oxygen atoms in total. The van der Waals surface area contributed by atoms with Crippen LogP contribution in [0.4, 0.5) is 0 Å². The zero-order valence-electron chi connectivity index (χ0n) is 7.69. The first-order chi connectivity index (χ1) is 7.40. The van der Waals surface area contributed by atoms with E-state index in [9.17, 15) is 0 Å². The highest BCUT2D eigenvalue weighted by Crippen LogP contribution is 2.78. The van der Waals surface area contributed by atoms with Crippen LogP contribution in [0.3, 0.4) is 0 Å². The Morgan fingerprint density at radius 1 is 0.941 bits per heavy atom. The minimum absolute atomic E-state index is 0.0657. The standard InChI is InChI=1S/C7H3Cl9Si/c8-3-4(9)6(11)2(17(14,15)16)1-5(3,10)7(6,12)13/h2H,1H2/t2?,5-,6+/m0/s1. The molecule has 0 saturated heterocycles. The maximum absolute atomic E-state index is 6.43. The van der Waals surface area contributed by atoms with Gasteiger partial charge in [-0.1, -0.05) is 46.4 Å². The molecule has 2 bridgehead atoms. The van der Waals surface area contributed by atoms with Gasteiger partial charge in [-0.05, 0) is 6.42 Å². The summed E-state index contributed by atoms with van der Waals surface area (Å²) in [6.45, 7) is 0. The molecule has 0 radical (unpaired) electrons. The lowest BCUT2D eigenvalue weighted by Crippen LogP contribution is -2.45. The van der Waals surface area contributed by atoms with E-state index in [-0.39, 0.29) is 16.5 Å². The number of hydrogen-bond acceptors (Lipinski definition) is 0. The molecule has 0 aromatic rings. The minimum Gasteiger partial charge on any atom is -0.126 e. The van der Waals surface area contributed by atoms with Crippen LogP contribution in [0.1, 0.15) is 6.42 Å². The number of halogens is 9. The summed E-state index contributed by atoms with van der Waals surface area (Å²) in [5, 5.41) is 0.191. The molecule has 0 heterocycles. The molecule has 2 aliphatic rings. The highest BCUT2D eigenvalue weighted by molar-refractivity contribution is 7.65. The maximum Gasteiger partial charge on any atom is 0.346 e. The first kappa shape index (κ1) is 15.9. The monoisotopic (exact) mass is 430 g/mol. The second-order valence-electron chi connectivity index (χ2n) is 4.01. The van der Waals surface area contributed by atoms with Crippen LogP contribution in [0.15, 0.2) is 10.1 Å². The summed E-state index contributed by atoms with van der Waals surface area (Å²) >= 11 is 55.4. The molecule has 0 spiro atoms. The molecule has 2 rings (SSSR count). The second kappa shape index (κ2) is 4.29. The Bertz CT molecular complexity index is 412.